The summed E-state index contributed by atoms with van der Waals surface area (Å²) < 4.78 is 5.98. The molecule has 1 aliphatic rings. The predicted molar refractivity (Wildman–Crippen MR) is 58.1 cm³/mol. The number of rotatable bonds is 2. The number of Topliss-reactive ketones (excluding diaryl/α,β-unsaturated/α-hetero) is 1. The molecule has 3 atom stereocenters. The van der Waals surface area contributed by atoms with Crippen LogP contribution in [-0.2, 0) is 9.53 Å². The van der Waals surface area contributed by atoms with Crippen molar-refractivity contribution >= 4 is 5.78 Å². The molecule has 0 amide bonds. The molecule has 3 N–H and O–H groups in total. The number of H-pyrrole nitrogens is 1. The maximum Gasteiger partial charge on any atom is 0.330 e. The lowest BCUT2D eigenvalue weighted by atomic mass is 10.1. The molecular weight excluding hydrogens is 244 g/mol. The van der Waals surface area contributed by atoms with Gasteiger partial charge in [-0.2, -0.15) is 0 Å². The largest absolute Gasteiger partial charge is 0.394 e. The Morgan fingerprint density at radius 3 is 2.67 bits per heavy atom. The van der Waals surface area contributed by atoms with Gasteiger partial charge in [-0.1, -0.05) is 0 Å². The quantitative estimate of drug-likeness (QED) is 0.545. The molecule has 8 heteroatoms. The zero-order valence-electron chi connectivity index (χ0n) is 9.49. The fraction of sp³-hybridized carbons (Fsp3) is 0.500. The molecule has 0 bridgehead atoms. The molecule has 0 radical (unpaired) electrons. The maximum atomic E-state index is 11.7. The summed E-state index contributed by atoms with van der Waals surface area (Å²) in [4.78, 5) is 36.5. The molecule has 1 saturated heterocycles. The summed E-state index contributed by atoms with van der Waals surface area (Å²) in [6.07, 6.45) is -2.71. The third-order valence-electron chi connectivity index (χ3n) is 2.77. The Labute approximate surface area is 100 Å². The molecule has 18 heavy (non-hydrogen) atoms. The molecule has 1 aromatic heterocycles. The number of ketones is 1. The Morgan fingerprint density at radius 2 is 2.11 bits per heavy atom. The van der Waals surface area contributed by atoms with Gasteiger partial charge in [0.15, 0.2) is 0 Å². The highest BCUT2D eigenvalue weighted by Gasteiger charge is 2.43. The minimum atomic E-state index is -1.49. The van der Waals surface area contributed by atoms with Crippen LogP contribution in [0.2, 0.25) is 0 Å². The standard InChI is InChI=1S/C10H12N2O6/c1-4-2-12(10(17)11-8(4)16)9-7(15)6(14)5(3-13)18-9/h2,5-6,9,13-14H,3H2,1H3,(H,11,16,17)/t5-,6-,9-/m1/s1. The van der Waals surface area contributed by atoms with Crippen LogP contribution < -0.4 is 11.2 Å². The number of hydrogen-bond donors (Lipinski definition) is 3. The smallest absolute Gasteiger partial charge is 0.330 e. The molecule has 98 valence electrons. The van der Waals surface area contributed by atoms with Gasteiger partial charge in [0, 0.05) is 11.8 Å². The Hall–Kier alpha value is -1.77. The first-order valence-electron chi connectivity index (χ1n) is 5.26. The number of nitrogens with one attached hydrogen (secondary N) is 1. The topological polar surface area (TPSA) is 122 Å². The normalized spacial score (nSPS) is 27.7. The van der Waals surface area contributed by atoms with E-state index in [0.717, 1.165) is 4.57 Å². The summed E-state index contributed by atoms with van der Waals surface area (Å²) in [5.74, 6) is -0.734. The van der Waals surface area contributed by atoms with Crippen molar-refractivity contribution in [2.24, 2.45) is 0 Å². The first-order chi connectivity index (χ1) is 8.45. The second kappa shape index (κ2) is 4.48. The fourth-order valence-corrected chi connectivity index (χ4v) is 1.74. The van der Waals surface area contributed by atoms with Crippen LogP contribution in [-0.4, -0.2) is 44.4 Å². The van der Waals surface area contributed by atoms with Crippen LogP contribution in [0, 0.1) is 6.92 Å². The number of carbonyl (C=O) groups excluding carboxylic acids is 1. The number of carbonyl (C=O) groups is 1. The number of aryl methyl sites for hydroxylation is 1. The van der Waals surface area contributed by atoms with Crippen molar-refractivity contribution in [2.75, 3.05) is 6.61 Å². The van der Waals surface area contributed by atoms with Crippen LogP contribution in [0.15, 0.2) is 15.8 Å². The van der Waals surface area contributed by atoms with Gasteiger partial charge in [-0.25, -0.2) is 4.79 Å². The van der Waals surface area contributed by atoms with Crippen molar-refractivity contribution < 1.29 is 19.7 Å². The van der Waals surface area contributed by atoms with Crippen molar-refractivity contribution in [2.45, 2.75) is 25.4 Å². The van der Waals surface area contributed by atoms with Gasteiger partial charge < -0.3 is 14.9 Å². The van der Waals surface area contributed by atoms with Crippen molar-refractivity contribution in [3.05, 3.63) is 32.6 Å². The van der Waals surface area contributed by atoms with Gasteiger partial charge in [-0.05, 0) is 6.92 Å². The van der Waals surface area contributed by atoms with E-state index in [1.54, 1.807) is 0 Å². The van der Waals surface area contributed by atoms with Gasteiger partial charge >= 0.3 is 5.69 Å². The molecule has 1 fully saturated rings. The van der Waals surface area contributed by atoms with Crippen LogP contribution in [0.1, 0.15) is 11.8 Å². The highest BCUT2D eigenvalue weighted by atomic mass is 16.6. The van der Waals surface area contributed by atoms with Crippen molar-refractivity contribution in [1.29, 1.82) is 0 Å². The molecule has 0 saturated carbocycles. The highest BCUT2D eigenvalue weighted by molar-refractivity contribution is 5.87. The SMILES string of the molecule is Cc1cn([C@@H]2O[C@H](CO)[C@@H](O)C2=O)c(=O)[nH]c1=O. The Morgan fingerprint density at radius 1 is 1.44 bits per heavy atom. The zero-order valence-corrected chi connectivity index (χ0v) is 9.49. The summed E-state index contributed by atoms with van der Waals surface area (Å²) in [7, 11) is 0. The van der Waals surface area contributed by atoms with Crippen molar-refractivity contribution in [3.63, 3.8) is 0 Å². The molecular formula is C10H12N2O6. The van der Waals surface area contributed by atoms with E-state index in [9.17, 15) is 19.5 Å². The van der Waals surface area contributed by atoms with E-state index in [2.05, 4.69) is 0 Å². The van der Waals surface area contributed by atoms with Crippen LogP contribution in [0.25, 0.3) is 0 Å². The third-order valence-corrected chi connectivity index (χ3v) is 2.77. The number of hydrogen-bond acceptors (Lipinski definition) is 6. The molecule has 0 unspecified atom stereocenters. The Bertz CT molecular complexity index is 589. The van der Waals surface area contributed by atoms with E-state index in [1.165, 1.54) is 13.1 Å². The van der Waals surface area contributed by atoms with E-state index in [-0.39, 0.29) is 5.56 Å². The number of nitrogens with zero attached hydrogens (tertiary/aromatic N) is 1. The van der Waals surface area contributed by atoms with Gasteiger partial charge in [0.05, 0.1) is 6.61 Å². The lowest BCUT2D eigenvalue weighted by Gasteiger charge is -2.13. The third kappa shape index (κ3) is 1.90. The Balaban J connectivity index is 2.45. The van der Waals surface area contributed by atoms with E-state index >= 15 is 0 Å². The molecule has 2 rings (SSSR count). The van der Waals surface area contributed by atoms with E-state index in [4.69, 9.17) is 9.84 Å². The van der Waals surface area contributed by atoms with E-state index in [0.29, 0.717) is 0 Å². The summed E-state index contributed by atoms with van der Waals surface area (Å²) in [5, 5.41) is 18.4. The molecule has 1 aromatic rings. The zero-order chi connectivity index (χ0) is 13.4. The van der Waals surface area contributed by atoms with E-state index in [1.807, 2.05) is 4.98 Å². The molecule has 0 aromatic carbocycles. The van der Waals surface area contributed by atoms with E-state index < -0.39 is 42.1 Å². The number of ether oxygens (including phenoxy) is 1. The maximum absolute atomic E-state index is 11.7. The van der Waals surface area contributed by atoms with Gasteiger partial charge in [-0.3, -0.25) is 19.1 Å². The Kier molecular flexibility index (Phi) is 3.16. The minimum absolute atomic E-state index is 0.230. The lowest BCUT2D eigenvalue weighted by Crippen LogP contribution is -2.36. The van der Waals surface area contributed by atoms with Crippen LogP contribution in [0.3, 0.4) is 0 Å². The summed E-state index contributed by atoms with van der Waals surface area (Å²) in [6, 6.07) is 0. The summed E-state index contributed by atoms with van der Waals surface area (Å²) in [6.45, 7) is 0.925. The van der Waals surface area contributed by atoms with Crippen LogP contribution in [0.5, 0.6) is 0 Å². The van der Waals surface area contributed by atoms with Crippen molar-refractivity contribution in [3.8, 4) is 0 Å². The number of aliphatic hydroxyl groups is 2. The number of aromatic nitrogens is 2. The molecule has 0 aliphatic carbocycles. The van der Waals surface area contributed by atoms with Crippen molar-refractivity contribution in [1.82, 2.24) is 9.55 Å². The monoisotopic (exact) mass is 256 g/mol. The molecule has 2 heterocycles. The summed E-state index contributed by atoms with van der Waals surface area (Å²) in [5.41, 5.74) is -1.14. The van der Waals surface area contributed by atoms with Gasteiger partial charge in [0.1, 0.15) is 12.2 Å². The average Bonchev–Trinajstić information content (AvgIpc) is 2.61. The molecule has 1 aliphatic heterocycles. The number of aromatic amines is 1. The first-order valence-corrected chi connectivity index (χ1v) is 5.26. The van der Waals surface area contributed by atoms with Gasteiger partial charge in [0.25, 0.3) is 5.56 Å². The number of aliphatic hydroxyl groups excluding tert-OH is 2. The highest BCUT2D eigenvalue weighted by Crippen LogP contribution is 2.23. The summed E-state index contributed by atoms with van der Waals surface area (Å²) >= 11 is 0. The second-order valence-corrected chi connectivity index (χ2v) is 4.04. The first kappa shape index (κ1) is 12.7. The van der Waals surface area contributed by atoms with Gasteiger partial charge in [-0.15, -0.1) is 0 Å². The predicted octanol–water partition coefficient (Wildman–Crippen LogP) is -2.34. The lowest BCUT2D eigenvalue weighted by molar-refractivity contribution is -0.130. The fourth-order valence-electron chi connectivity index (χ4n) is 1.74. The van der Waals surface area contributed by atoms with Crippen LogP contribution in [0.4, 0.5) is 0 Å². The molecule has 0 spiro atoms. The van der Waals surface area contributed by atoms with Crippen LogP contribution >= 0.6 is 0 Å². The molecule has 8 nitrogen and oxygen atoms in total. The van der Waals surface area contributed by atoms with Gasteiger partial charge in [0.2, 0.25) is 12.0 Å². The average molecular weight is 256 g/mol. The minimum Gasteiger partial charge on any atom is -0.394 e. The second-order valence-electron chi connectivity index (χ2n) is 4.04.